The highest BCUT2D eigenvalue weighted by Gasteiger charge is 2.34. The number of phenolic OH excluding ortho intramolecular Hbond substituents is 1. The van der Waals surface area contributed by atoms with Gasteiger partial charge >= 0.3 is 12.4 Å². The van der Waals surface area contributed by atoms with Gasteiger partial charge in [0.1, 0.15) is 17.2 Å². The first kappa shape index (κ1) is 35.5. The SMILES string of the molecule is O=S1(=O)CCc2ccc(Oc3cccc(-c4ccnc5c(C(F)(F)F)cccc45)c3)cc21.Oc1cccc(-c2ccnc3c(C(F)(F)F)cccc23)c1. The molecule has 268 valence electrons. The molecule has 0 bridgehead atoms. The molecule has 53 heavy (non-hydrogen) atoms. The molecule has 13 heteroatoms. The lowest BCUT2D eigenvalue weighted by molar-refractivity contribution is -0.137. The average molecular weight is 745 g/mol. The number of phenols is 1. The summed E-state index contributed by atoms with van der Waals surface area (Å²) >= 11 is 0. The third-order valence-corrected chi connectivity index (χ3v) is 10.5. The van der Waals surface area contributed by atoms with Crippen molar-refractivity contribution in [3.8, 4) is 39.5 Å². The standard InChI is InChI=1S/C24H16F3NO3S.C16H10F3NO/c25-24(26,27)21-6-2-5-20-19(9-11-28-23(20)21)16-3-1-4-17(13-16)31-18-8-7-15-10-12-32(29,30)22(15)14-18;17-16(18,19)14-6-2-5-13-12(7-8-20-15(13)14)10-3-1-4-11(21)9-10/h1-9,11,13-14H,10,12H2;1-9,21H. The van der Waals surface area contributed by atoms with Gasteiger partial charge in [-0.05, 0) is 94.9 Å². The lowest BCUT2D eigenvalue weighted by atomic mass is 9.99. The molecule has 6 nitrogen and oxygen atoms in total. The average Bonchev–Trinajstić information content (AvgIpc) is 3.43. The molecule has 1 aliphatic rings. The molecule has 0 amide bonds. The Kier molecular flexibility index (Phi) is 9.06. The van der Waals surface area contributed by atoms with E-state index in [2.05, 4.69) is 9.97 Å². The van der Waals surface area contributed by atoms with Gasteiger partial charge in [0.25, 0.3) is 0 Å². The molecular formula is C40H26F6N2O4S. The highest BCUT2D eigenvalue weighted by molar-refractivity contribution is 7.91. The summed E-state index contributed by atoms with van der Waals surface area (Å²) in [5.74, 6) is 0.973. The molecule has 5 aromatic carbocycles. The minimum absolute atomic E-state index is 0.0597. The van der Waals surface area contributed by atoms with E-state index < -0.39 is 33.3 Å². The van der Waals surface area contributed by atoms with Crippen LogP contribution in [0.4, 0.5) is 26.3 Å². The fraction of sp³-hybridized carbons (Fsp3) is 0.100. The molecule has 0 unspecified atom stereocenters. The number of alkyl halides is 6. The molecule has 0 atom stereocenters. The first-order valence-corrected chi connectivity index (χ1v) is 17.7. The number of pyridine rings is 2. The van der Waals surface area contributed by atoms with E-state index in [1.54, 1.807) is 72.8 Å². The summed E-state index contributed by atoms with van der Waals surface area (Å²) in [5.41, 5.74) is 1.49. The van der Waals surface area contributed by atoms with Crippen LogP contribution >= 0.6 is 0 Å². The molecular weight excluding hydrogens is 719 g/mol. The van der Waals surface area contributed by atoms with Crippen LogP contribution in [0.15, 0.2) is 133 Å². The van der Waals surface area contributed by atoms with Gasteiger partial charge in [-0.3, -0.25) is 9.97 Å². The zero-order valence-corrected chi connectivity index (χ0v) is 28.1. The molecule has 1 aliphatic heterocycles. The second-order valence-corrected chi connectivity index (χ2v) is 14.2. The van der Waals surface area contributed by atoms with E-state index >= 15 is 0 Å². The van der Waals surface area contributed by atoms with Crippen LogP contribution in [0.5, 0.6) is 17.2 Å². The normalized spacial score (nSPS) is 13.7. The van der Waals surface area contributed by atoms with Crippen LogP contribution in [0.3, 0.4) is 0 Å². The number of aromatic nitrogens is 2. The number of fused-ring (bicyclic) bond motifs is 3. The number of sulfone groups is 1. The summed E-state index contributed by atoms with van der Waals surface area (Å²) < 4.78 is 110. The Labute approximate surface area is 298 Å². The fourth-order valence-corrected chi connectivity index (χ4v) is 7.87. The van der Waals surface area contributed by atoms with E-state index in [0.717, 1.165) is 17.7 Å². The summed E-state index contributed by atoms with van der Waals surface area (Å²) in [6.45, 7) is 0. The zero-order chi connectivity index (χ0) is 37.5. The number of aromatic hydroxyl groups is 1. The van der Waals surface area contributed by atoms with Gasteiger partial charge in [-0.25, -0.2) is 8.42 Å². The van der Waals surface area contributed by atoms with E-state index in [1.165, 1.54) is 42.7 Å². The molecule has 0 saturated heterocycles. The maximum atomic E-state index is 13.4. The predicted octanol–water partition coefficient (Wildman–Crippen LogP) is 10.7. The van der Waals surface area contributed by atoms with E-state index in [1.807, 2.05) is 0 Å². The number of hydrogen-bond donors (Lipinski definition) is 1. The van der Waals surface area contributed by atoms with Crippen molar-refractivity contribution in [3.05, 3.63) is 144 Å². The van der Waals surface area contributed by atoms with Gasteiger partial charge in [-0.15, -0.1) is 0 Å². The fourth-order valence-electron chi connectivity index (χ4n) is 6.30. The molecule has 2 aromatic heterocycles. The first-order valence-electron chi connectivity index (χ1n) is 16.0. The van der Waals surface area contributed by atoms with Crippen LogP contribution in [0.25, 0.3) is 44.1 Å². The minimum atomic E-state index is -4.51. The van der Waals surface area contributed by atoms with Crippen molar-refractivity contribution in [1.82, 2.24) is 9.97 Å². The third-order valence-electron chi connectivity index (χ3n) is 8.70. The van der Waals surface area contributed by atoms with E-state index in [4.69, 9.17) is 4.74 Å². The summed E-state index contributed by atoms with van der Waals surface area (Å²) in [4.78, 5) is 8.12. The zero-order valence-electron chi connectivity index (χ0n) is 27.3. The largest absolute Gasteiger partial charge is 0.508 e. The summed E-state index contributed by atoms with van der Waals surface area (Å²) in [5, 5.41) is 10.3. The molecule has 0 radical (unpaired) electrons. The highest BCUT2D eigenvalue weighted by atomic mass is 32.2. The van der Waals surface area contributed by atoms with Crippen molar-refractivity contribution >= 4 is 31.6 Å². The molecule has 0 spiro atoms. The van der Waals surface area contributed by atoms with Gasteiger partial charge in [0.2, 0.25) is 0 Å². The van der Waals surface area contributed by atoms with Crippen molar-refractivity contribution < 1.29 is 44.6 Å². The second kappa shape index (κ2) is 13.6. The van der Waals surface area contributed by atoms with Crippen LogP contribution in [0, 0.1) is 0 Å². The van der Waals surface area contributed by atoms with Crippen LogP contribution in [0.1, 0.15) is 16.7 Å². The number of halogens is 6. The number of ether oxygens (including phenoxy) is 1. The van der Waals surface area contributed by atoms with Crippen molar-refractivity contribution in [2.45, 2.75) is 23.7 Å². The number of aryl methyl sites for hydroxylation is 1. The van der Waals surface area contributed by atoms with Crippen molar-refractivity contribution in [2.24, 2.45) is 0 Å². The van der Waals surface area contributed by atoms with Crippen molar-refractivity contribution in [3.63, 3.8) is 0 Å². The molecule has 7 aromatic rings. The Hall–Kier alpha value is -5.95. The maximum Gasteiger partial charge on any atom is 0.418 e. The van der Waals surface area contributed by atoms with Crippen molar-refractivity contribution in [1.29, 1.82) is 0 Å². The van der Waals surface area contributed by atoms with Gasteiger partial charge in [0, 0.05) is 23.2 Å². The molecule has 3 heterocycles. The molecule has 8 rings (SSSR count). The van der Waals surface area contributed by atoms with Gasteiger partial charge in [0.15, 0.2) is 9.84 Å². The van der Waals surface area contributed by atoms with Gasteiger partial charge in [-0.2, -0.15) is 26.3 Å². The van der Waals surface area contributed by atoms with Gasteiger partial charge in [-0.1, -0.05) is 54.6 Å². The highest BCUT2D eigenvalue weighted by Crippen LogP contribution is 2.39. The molecule has 0 fully saturated rings. The van der Waals surface area contributed by atoms with Gasteiger partial charge in [0.05, 0.1) is 32.8 Å². The van der Waals surface area contributed by atoms with E-state index in [-0.39, 0.29) is 27.4 Å². The Morgan fingerprint density at radius 3 is 1.70 bits per heavy atom. The number of rotatable bonds is 4. The lowest BCUT2D eigenvalue weighted by Crippen LogP contribution is -2.06. The van der Waals surface area contributed by atoms with E-state index in [9.17, 15) is 39.9 Å². The number of nitrogens with zero attached hydrogens (tertiary/aromatic N) is 2. The lowest BCUT2D eigenvalue weighted by Gasteiger charge is -2.13. The summed E-state index contributed by atoms with van der Waals surface area (Å²) in [6, 6.07) is 29.5. The van der Waals surface area contributed by atoms with Crippen LogP contribution in [-0.2, 0) is 28.6 Å². The Balaban J connectivity index is 0.000000179. The quantitative estimate of drug-likeness (QED) is 0.181. The van der Waals surface area contributed by atoms with E-state index in [0.29, 0.717) is 50.9 Å². The topological polar surface area (TPSA) is 89.4 Å². The smallest absolute Gasteiger partial charge is 0.418 e. The third kappa shape index (κ3) is 7.25. The van der Waals surface area contributed by atoms with Crippen LogP contribution in [0.2, 0.25) is 0 Å². The second-order valence-electron chi connectivity index (χ2n) is 12.1. The van der Waals surface area contributed by atoms with Crippen LogP contribution in [-0.4, -0.2) is 29.2 Å². The maximum absolute atomic E-state index is 13.4. The molecule has 0 aliphatic carbocycles. The first-order chi connectivity index (χ1) is 25.2. The summed E-state index contributed by atoms with van der Waals surface area (Å²) in [6.07, 6.45) is -5.78. The predicted molar refractivity (Wildman–Crippen MR) is 188 cm³/mol. The number of para-hydroxylation sites is 2. The van der Waals surface area contributed by atoms with Gasteiger partial charge < -0.3 is 9.84 Å². The Morgan fingerprint density at radius 2 is 1.13 bits per heavy atom. The van der Waals surface area contributed by atoms with Crippen molar-refractivity contribution in [2.75, 3.05) is 5.75 Å². The Bertz CT molecular complexity index is 2620. The molecule has 1 N–H and O–H groups in total. The van der Waals surface area contributed by atoms with Crippen LogP contribution < -0.4 is 4.74 Å². The number of hydrogen-bond acceptors (Lipinski definition) is 6. The number of benzene rings is 5. The summed E-state index contributed by atoms with van der Waals surface area (Å²) in [7, 11) is -3.29. The molecule has 0 saturated carbocycles. The minimum Gasteiger partial charge on any atom is -0.508 e. The monoisotopic (exact) mass is 744 g/mol. The Morgan fingerprint density at radius 1 is 0.604 bits per heavy atom.